The van der Waals surface area contributed by atoms with Gasteiger partial charge in [0.25, 0.3) is 0 Å². The summed E-state index contributed by atoms with van der Waals surface area (Å²) in [7, 11) is 0. The quantitative estimate of drug-likeness (QED) is 0.571. The molecule has 29 heavy (non-hydrogen) atoms. The predicted molar refractivity (Wildman–Crippen MR) is 110 cm³/mol. The highest BCUT2D eigenvalue weighted by atomic mass is 16.4. The van der Waals surface area contributed by atoms with Crippen LogP contribution in [0.25, 0.3) is 0 Å². The van der Waals surface area contributed by atoms with Gasteiger partial charge in [-0.15, -0.1) is 0 Å². The minimum absolute atomic E-state index is 0.0309. The molecule has 0 radical (unpaired) electrons. The fourth-order valence-electron chi connectivity index (χ4n) is 8.73. The van der Waals surface area contributed by atoms with Gasteiger partial charge < -0.3 is 20.4 Å². The molecule has 4 aliphatic carbocycles. The second kappa shape index (κ2) is 7.49. The molecule has 0 aromatic rings. The molecule has 0 aromatic carbocycles. The summed E-state index contributed by atoms with van der Waals surface area (Å²) in [6.45, 7) is 6.83. The van der Waals surface area contributed by atoms with Crippen LogP contribution < -0.4 is 0 Å². The molecule has 0 bridgehead atoms. The smallest absolute Gasteiger partial charge is 0.303 e. The van der Waals surface area contributed by atoms with Crippen molar-refractivity contribution in [3.63, 3.8) is 0 Å². The Morgan fingerprint density at radius 2 is 1.69 bits per heavy atom. The van der Waals surface area contributed by atoms with Crippen molar-refractivity contribution in [2.24, 2.45) is 46.3 Å². The first-order chi connectivity index (χ1) is 13.6. The SMILES string of the molecule is C[C@H](CCC(=O)O)[C@H]1C[C@@H](O)[C@H]2[C@@H]3[C@@H](O)C[C@@H]4C[C@H](O)CC[C@]4(C)[C@H]3CC[C@@]21C. The number of hydrogen-bond donors (Lipinski definition) is 4. The van der Waals surface area contributed by atoms with Crippen LogP contribution in [0.3, 0.4) is 0 Å². The average molecular weight is 409 g/mol. The van der Waals surface area contributed by atoms with E-state index in [2.05, 4.69) is 20.8 Å². The third-order valence-corrected chi connectivity index (χ3v) is 10.2. The fraction of sp³-hybridized carbons (Fsp3) is 0.958. The molecule has 0 amide bonds. The number of carboxylic acid groups (broad SMARTS) is 1. The first-order valence-corrected chi connectivity index (χ1v) is 11.8. The predicted octanol–water partition coefficient (Wildman–Crippen LogP) is 3.45. The van der Waals surface area contributed by atoms with Crippen molar-refractivity contribution < 1.29 is 25.2 Å². The molecule has 0 unspecified atom stereocenters. The van der Waals surface area contributed by atoms with Gasteiger partial charge in [-0.25, -0.2) is 0 Å². The van der Waals surface area contributed by atoms with Crippen molar-refractivity contribution in [3.05, 3.63) is 0 Å². The van der Waals surface area contributed by atoms with Crippen molar-refractivity contribution in [3.8, 4) is 0 Å². The number of carboxylic acids is 1. The summed E-state index contributed by atoms with van der Waals surface area (Å²) < 4.78 is 0. The third-order valence-electron chi connectivity index (χ3n) is 10.2. The summed E-state index contributed by atoms with van der Waals surface area (Å²) in [4.78, 5) is 11.1. The number of aliphatic hydroxyl groups excluding tert-OH is 3. The Hall–Kier alpha value is -0.650. The van der Waals surface area contributed by atoms with E-state index in [0.717, 1.165) is 44.9 Å². The maximum absolute atomic E-state index is 11.3. The Bertz CT molecular complexity index is 637. The highest BCUT2D eigenvalue weighted by molar-refractivity contribution is 5.66. The molecule has 0 saturated heterocycles. The van der Waals surface area contributed by atoms with Crippen LogP contribution in [-0.4, -0.2) is 44.7 Å². The van der Waals surface area contributed by atoms with Crippen LogP contribution >= 0.6 is 0 Å². The minimum atomic E-state index is -0.748. The summed E-state index contributed by atoms with van der Waals surface area (Å²) >= 11 is 0. The Kier molecular flexibility index (Phi) is 5.57. The molecule has 5 heteroatoms. The molecule has 11 atom stereocenters. The third kappa shape index (κ3) is 3.36. The van der Waals surface area contributed by atoms with Gasteiger partial charge in [-0.2, -0.15) is 0 Å². The molecule has 4 aliphatic rings. The summed E-state index contributed by atoms with van der Waals surface area (Å²) in [5.74, 6) is 0.826. The molecule has 0 aromatic heterocycles. The van der Waals surface area contributed by atoms with E-state index in [1.54, 1.807) is 0 Å². The monoisotopic (exact) mass is 408 g/mol. The largest absolute Gasteiger partial charge is 0.481 e. The van der Waals surface area contributed by atoms with E-state index in [4.69, 9.17) is 5.11 Å². The van der Waals surface area contributed by atoms with Gasteiger partial charge in [0, 0.05) is 6.42 Å². The van der Waals surface area contributed by atoms with Crippen LogP contribution in [-0.2, 0) is 4.79 Å². The Morgan fingerprint density at radius 1 is 1.00 bits per heavy atom. The zero-order valence-electron chi connectivity index (χ0n) is 18.3. The lowest BCUT2D eigenvalue weighted by atomic mass is 9.43. The van der Waals surface area contributed by atoms with E-state index >= 15 is 0 Å². The number of rotatable bonds is 4. The molecule has 5 nitrogen and oxygen atoms in total. The summed E-state index contributed by atoms with van der Waals surface area (Å²) in [5.41, 5.74) is 0.119. The number of carbonyl (C=O) groups is 1. The van der Waals surface area contributed by atoms with Crippen LogP contribution in [0, 0.1) is 46.3 Å². The normalized spacial score (nSPS) is 52.9. The van der Waals surface area contributed by atoms with Crippen molar-refractivity contribution >= 4 is 5.97 Å². The van der Waals surface area contributed by atoms with Gasteiger partial charge in [-0.05, 0) is 97.7 Å². The Labute approximate surface area is 174 Å². The zero-order chi connectivity index (χ0) is 21.1. The molecule has 4 saturated carbocycles. The van der Waals surface area contributed by atoms with Crippen LogP contribution in [0.5, 0.6) is 0 Å². The molecular weight excluding hydrogens is 368 g/mol. The molecule has 0 heterocycles. The Balaban J connectivity index is 1.60. The minimum Gasteiger partial charge on any atom is -0.481 e. The number of aliphatic hydroxyl groups is 3. The summed E-state index contributed by atoms with van der Waals surface area (Å²) in [6, 6.07) is 0. The van der Waals surface area contributed by atoms with Crippen LogP contribution in [0.15, 0.2) is 0 Å². The second-order valence-corrected chi connectivity index (χ2v) is 11.5. The van der Waals surface area contributed by atoms with Gasteiger partial charge in [0.15, 0.2) is 0 Å². The van der Waals surface area contributed by atoms with Crippen molar-refractivity contribution in [2.75, 3.05) is 0 Å². The van der Waals surface area contributed by atoms with Gasteiger partial charge in [-0.1, -0.05) is 20.8 Å². The maximum atomic E-state index is 11.3. The number of fused-ring (bicyclic) bond motifs is 5. The van der Waals surface area contributed by atoms with Gasteiger partial charge in [0.05, 0.1) is 18.3 Å². The van der Waals surface area contributed by atoms with E-state index in [1.165, 1.54) is 0 Å². The molecule has 0 aliphatic heterocycles. The van der Waals surface area contributed by atoms with E-state index in [0.29, 0.717) is 24.2 Å². The van der Waals surface area contributed by atoms with E-state index in [9.17, 15) is 20.1 Å². The second-order valence-electron chi connectivity index (χ2n) is 11.5. The van der Waals surface area contributed by atoms with Crippen molar-refractivity contribution in [1.29, 1.82) is 0 Å². The van der Waals surface area contributed by atoms with Crippen LogP contribution in [0.1, 0.15) is 78.6 Å². The van der Waals surface area contributed by atoms with Crippen molar-refractivity contribution in [1.82, 2.24) is 0 Å². The molecular formula is C24H40O5. The lowest BCUT2D eigenvalue weighted by Gasteiger charge is -2.62. The first-order valence-electron chi connectivity index (χ1n) is 11.8. The topological polar surface area (TPSA) is 98.0 Å². The Morgan fingerprint density at radius 3 is 2.38 bits per heavy atom. The lowest BCUT2D eigenvalue weighted by Crippen LogP contribution is -2.60. The van der Waals surface area contributed by atoms with Gasteiger partial charge in [0.1, 0.15) is 0 Å². The average Bonchev–Trinajstić information content (AvgIpc) is 2.92. The standard InChI is InChI=1S/C24H40O5/c1-13(4-5-20(28)29)17-12-19(27)22-21-16(7-9-24(17,22)3)23(2)8-6-15(25)10-14(23)11-18(21)26/h13-19,21-22,25-27H,4-12H2,1-3H3,(H,28,29)/t13-,14+,15-,16+,17-,18+,19-,21+,22+,23+,24-/m1/s1. The molecule has 4 fully saturated rings. The molecule has 4 N–H and O–H groups in total. The maximum Gasteiger partial charge on any atom is 0.303 e. The van der Waals surface area contributed by atoms with Gasteiger partial charge in [0.2, 0.25) is 0 Å². The molecule has 166 valence electrons. The van der Waals surface area contributed by atoms with Crippen molar-refractivity contribution in [2.45, 2.75) is 96.9 Å². The summed E-state index contributed by atoms with van der Waals surface area (Å²) in [6.07, 6.45) is 6.07. The van der Waals surface area contributed by atoms with Crippen LogP contribution in [0.2, 0.25) is 0 Å². The molecule has 4 rings (SSSR count). The van der Waals surface area contributed by atoms with E-state index < -0.39 is 18.2 Å². The highest BCUT2D eigenvalue weighted by Crippen LogP contribution is 2.68. The van der Waals surface area contributed by atoms with E-state index in [-0.39, 0.29) is 41.1 Å². The summed E-state index contributed by atoms with van der Waals surface area (Å²) in [5, 5.41) is 41.8. The zero-order valence-corrected chi connectivity index (χ0v) is 18.3. The lowest BCUT2D eigenvalue weighted by molar-refractivity contribution is -0.185. The van der Waals surface area contributed by atoms with Gasteiger partial charge >= 0.3 is 5.97 Å². The van der Waals surface area contributed by atoms with Crippen LogP contribution in [0.4, 0.5) is 0 Å². The van der Waals surface area contributed by atoms with E-state index in [1.807, 2.05) is 0 Å². The highest BCUT2D eigenvalue weighted by Gasteiger charge is 2.65. The number of aliphatic carboxylic acids is 1. The fourth-order valence-corrected chi connectivity index (χ4v) is 8.73. The molecule has 0 spiro atoms. The first kappa shape index (κ1) is 21.6. The van der Waals surface area contributed by atoms with Gasteiger partial charge in [-0.3, -0.25) is 4.79 Å². The number of hydrogen-bond acceptors (Lipinski definition) is 4.